The van der Waals surface area contributed by atoms with Gasteiger partial charge in [0.05, 0.1) is 17.4 Å². The van der Waals surface area contributed by atoms with E-state index in [1.165, 1.54) is 24.4 Å². The molecule has 3 rings (SSSR count). The SMILES string of the molecule is CC(F)(F)Oc1ccc(B(O)OC=O)cc1-c1ccc2c(N)cnnc2c1. The van der Waals surface area contributed by atoms with Crippen molar-refractivity contribution in [2.24, 2.45) is 0 Å². The van der Waals surface area contributed by atoms with Crippen LogP contribution in [0.2, 0.25) is 0 Å². The molecular weight excluding hydrogens is 359 g/mol. The van der Waals surface area contributed by atoms with E-state index in [4.69, 9.17) is 10.5 Å². The molecule has 27 heavy (non-hydrogen) atoms. The molecule has 0 spiro atoms. The zero-order chi connectivity index (χ0) is 19.6. The number of hydrogen-bond acceptors (Lipinski definition) is 7. The minimum atomic E-state index is -3.42. The highest BCUT2D eigenvalue weighted by atomic mass is 19.3. The van der Waals surface area contributed by atoms with E-state index in [1.54, 1.807) is 18.2 Å². The molecule has 0 saturated heterocycles. The first kappa shape index (κ1) is 18.5. The summed E-state index contributed by atoms with van der Waals surface area (Å²) < 4.78 is 36.0. The summed E-state index contributed by atoms with van der Waals surface area (Å²) in [6, 6.07) is 8.88. The number of rotatable bonds is 6. The van der Waals surface area contributed by atoms with Crippen LogP contribution < -0.4 is 15.9 Å². The number of carbonyl (C=O) groups excluding carboxylic acids is 1. The van der Waals surface area contributed by atoms with Crippen LogP contribution in [0.25, 0.3) is 22.0 Å². The number of nitrogens with zero attached hydrogens (tertiary/aromatic N) is 2. The monoisotopic (exact) mass is 373 g/mol. The molecule has 0 amide bonds. The Hall–Kier alpha value is -3.27. The van der Waals surface area contributed by atoms with Crippen molar-refractivity contribution in [2.45, 2.75) is 13.0 Å². The smallest absolute Gasteiger partial charge is 0.508 e. The van der Waals surface area contributed by atoms with Crippen molar-refractivity contribution in [2.75, 3.05) is 5.73 Å². The predicted octanol–water partition coefficient (Wildman–Crippen LogP) is 1.73. The standard InChI is InChI=1S/C17H14BF2N3O4/c1-17(19,20)27-16-5-3-11(18(25)26-9-24)7-13(16)10-2-4-12-14(21)8-22-23-15(12)6-10/h2-9,25H,1H3,(H2,21,23). The Morgan fingerprint density at radius 2 is 2.04 bits per heavy atom. The van der Waals surface area contributed by atoms with Gasteiger partial charge in [-0.15, -0.1) is 0 Å². The van der Waals surface area contributed by atoms with Crippen LogP contribution in [0.4, 0.5) is 14.5 Å². The van der Waals surface area contributed by atoms with Crippen molar-refractivity contribution >= 4 is 35.6 Å². The van der Waals surface area contributed by atoms with Crippen LogP contribution >= 0.6 is 0 Å². The van der Waals surface area contributed by atoms with Gasteiger partial charge in [-0.3, -0.25) is 4.79 Å². The third kappa shape index (κ3) is 4.12. The number of carbonyl (C=O) groups is 1. The maximum atomic E-state index is 13.4. The summed E-state index contributed by atoms with van der Waals surface area (Å²) in [5, 5.41) is 18.2. The zero-order valence-corrected chi connectivity index (χ0v) is 14.1. The molecule has 7 nitrogen and oxygen atoms in total. The largest absolute Gasteiger partial charge is 0.561 e. The molecule has 2 aromatic carbocycles. The van der Waals surface area contributed by atoms with Gasteiger partial charge in [0, 0.05) is 17.9 Å². The van der Waals surface area contributed by atoms with Crippen LogP contribution in [-0.4, -0.2) is 34.9 Å². The molecule has 0 saturated carbocycles. The summed E-state index contributed by atoms with van der Waals surface area (Å²) in [4.78, 5) is 10.4. The highest BCUT2D eigenvalue weighted by molar-refractivity contribution is 6.61. The minimum absolute atomic E-state index is 0.0866. The van der Waals surface area contributed by atoms with Crippen LogP contribution in [0, 0.1) is 0 Å². The molecule has 3 aromatic rings. The van der Waals surface area contributed by atoms with E-state index >= 15 is 0 Å². The van der Waals surface area contributed by atoms with Crippen molar-refractivity contribution < 1.29 is 28.0 Å². The molecule has 138 valence electrons. The Morgan fingerprint density at radius 3 is 2.74 bits per heavy atom. The predicted molar refractivity (Wildman–Crippen MR) is 95.4 cm³/mol. The van der Waals surface area contributed by atoms with Crippen molar-refractivity contribution in [1.82, 2.24) is 10.2 Å². The summed E-state index contributed by atoms with van der Waals surface area (Å²) in [6.45, 7) is 0.699. The molecule has 1 aromatic heterocycles. The van der Waals surface area contributed by atoms with Crippen molar-refractivity contribution in [3.8, 4) is 16.9 Å². The van der Waals surface area contributed by atoms with Gasteiger partial charge in [-0.1, -0.05) is 12.1 Å². The number of aromatic nitrogens is 2. The first-order valence-corrected chi connectivity index (χ1v) is 7.78. The summed E-state index contributed by atoms with van der Waals surface area (Å²) in [5.74, 6) is -0.124. The van der Waals surface area contributed by atoms with E-state index in [2.05, 4.69) is 14.9 Å². The van der Waals surface area contributed by atoms with E-state index in [0.717, 1.165) is 0 Å². The molecular formula is C17H14BF2N3O4. The van der Waals surface area contributed by atoms with Crippen LogP contribution in [0.1, 0.15) is 6.92 Å². The number of anilines is 1. The lowest BCUT2D eigenvalue weighted by Gasteiger charge is -2.18. The van der Waals surface area contributed by atoms with Crippen molar-refractivity contribution in [1.29, 1.82) is 0 Å². The number of nitrogen functional groups attached to an aromatic ring is 1. The van der Waals surface area contributed by atoms with Gasteiger partial charge >= 0.3 is 13.2 Å². The lowest BCUT2D eigenvalue weighted by atomic mass is 9.78. The normalized spacial score (nSPS) is 11.3. The average molecular weight is 373 g/mol. The average Bonchev–Trinajstić information content (AvgIpc) is 2.61. The second-order valence-corrected chi connectivity index (χ2v) is 5.78. The topological polar surface area (TPSA) is 108 Å². The van der Waals surface area contributed by atoms with E-state index in [9.17, 15) is 18.6 Å². The summed E-state index contributed by atoms with van der Waals surface area (Å²) in [5.41, 5.74) is 7.63. The Labute approximate surface area is 152 Å². The van der Waals surface area contributed by atoms with Crippen molar-refractivity contribution in [3.63, 3.8) is 0 Å². The molecule has 0 unspecified atom stereocenters. The van der Waals surface area contributed by atoms with Gasteiger partial charge in [-0.2, -0.15) is 19.0 Å². The van der Waals surface area contributed by atoms with Crippen LogP contribution in [0.15, 0.2) is 42.6 Å². The Kier molecular flexibility index (Phi) is 4.91. The van der Waals surface area contributed by atoms with Crippen LogP contribution in [0.3, 0.4) is 0 Å². The third-order valence-corrected chi connectivity index (χ3v) is 3.74. The summed E-state index contributed by atoms with van der Waals surface area (Å²) in [6.07, 6.45) is -2.02. The highest BCUT2D eigenvalue weighted by Crippen LogP contribution is 2.34. The maximum Gasteiger partial charge on any atom is 0.561 e. The molecule has 0 aliphatic heterocycles. The lowest BCUT2D eigenvalue weighted by molar-refractivity contribution is -0.158. The molecule has 0 aliphatic rings. The molecule has 3 N–H and O–H groups in total. The van der Waals surface area contributed by atoms with Gasteiger partial charge in [0.15, 0.2) is 0 Å². The summed E-state index contributed by atoms with van der Waals surface area (Å²) >= 11 is 0. The Morgan fingerprint density at radius 1 is 1.26 bits per heavy atom. The quantitative estimate of drug-likeness (QED) is 0.501. The molecule has 0 aliphatic carbocycles. The third-order valence-electron chi connectivity index (χ3n) is 3.74. The molecule has 0 atom stereocenters. The molecule has 0 fully saturated rings. The number of alkyl halides is 2. The van der Waals surface area contributed by atoms with E-state index < -0.39 is 13.2 Å². The fraction of sp³-hybridized carbons (Fsp3) is 0.118. The first-order chi connectivity index (χ1) is 12.8. The molecule has 10 heteroatoms. The number of nitrogens with two attached hydrogens (primary N) is 1. The molecule has 1 heterocycles. The second-order valence-electron chi connectivity index (χ2n) is 5.78. The highest BCUT2D eigenvalue weighted by Gasteiger charge is 2.27. The first-order valence-electron chi connectivity index (χ1n) is 7.78. The van der Waals surface area contributed by atoms with Crippen molar-refractivity contribution in [3.05, 3.63) is 42.6 Å². The van der Waals surface area contributed by atoms with Crippen LogP contribution in [0.5, 0.6) is 5.75 Å². The summed E-state index contributed by atoms with van der Waals surface area (Å²) in [7, 11) is -1.55. The number of halogens is 2. The fourth-order valence-electron chi connectivity index (χ4n) is 2.59. The Balaban J connectivity index is 2.15. The zero-order valence-electron chi connectivity index (χ0n) is 14.1. The Bertz CT molecular complexity index is 998. The van der Waals surface area contributed by atoms with Gasteiger partial charge in [0.1, 0.15) is 5.75 Å². The maximum absolute atomic E-state index is 13.4. The number of ether oxygens (including phenoxy) is 1. The van der Waals surface area contributed by atoms with Gasteiger partial charge < -0.3 is 20.1 Å². The molecule has 0 radical (unpaired) electrons. The van der Waals surface area contributed by atoms with E-state index in [0.29, 0.717) is 29.1 Å². The minimum Gasteiger partial charge on any atom is -0.508 e. The van der Waals surface area contributed by atoms with Gasteiger partial charge in [0.2, 0.25) is 0 Å². The van der Waals surface area contributed by atoms with Gasteiger partial charge in [0.25, 0.3) is 6.47 Å². The van der Waals surface area contributed by atoms with Crippen LogP contribution in [-0.2, 0) is 9.45 Å². The number of benzene rings is 2. The lowest BCUT2D eigenvalue weighted by Crippen LogP contribution is -2.33. The fourth-order valence-corrected chi connectivity index (χ4v) is 2.59. The number of fused-ring (bicyclic) bond motifs is 1. The van der Waals surface area contributed by atoms with E-state index in [1.807, 2.05) is 0 Å². The van der Waals surface area contributed by atoms with Gasteiger partial charge in [-0.05, 0) is 35.3 Å². The van der Waals surface area contributed by atoms with Gasteiger partial charge in [-0.25, -0.2) is 0 Å². The second kappa shape index (κ2) is 7.16. The van der Waals surface area contributed by atoms with E-state index in [-0.39, 0.29) is 23.2 Å². The molecule has 0 bridgehead atoms. The number of hydrogen-bond donors (Lipinski definition) is 2.